The molecule has 22 heavy (non-hydrogen) atoms. The molecule has 0 radical (unpaired) electrons. The van der Waals surface area contributed by atoms with Gasteiger partial charge in [0.1, 0.15) is 18.5 Å². The van der Waals surface area contributed by atoms with E-state index in [-0.39, 0.29) is 0 Å². The first kappa shape index (κ1) is 16.8. The zero-order chi connectivity index (χ0) is 15.8. The highest BCUT2D eigenvalue weighted by molar-refractivity contribution is 5.31. The van der Waals surface area contributed by atoms with Crippen LogP contribution in [0.5, 0.6) is 5.75 Å². The van der Waals surface area contributed by atoms with Gasteiger partial charge in [-0.2, -0.15) is 0 Å². The Morgan fingerprint density at radius 3 is 2.59 bits per heavy atom. The Kier molecular flexibility index (Phi) is 6.73. The topological polar surface area (TPSA) is 35.9 Å². The number of nitrogens with zero attached hydrogens (tertiary/aromatic N) is 2. The molecule has 0 amide bonds. The molecule has 1 aliphatic heterocycles. The summed E-state index contributed by atoms with van der Waals surface area (Å²) in [6.45, 7) is 7.98. The number of aliphatic hydroxyl groups excluding tert-OH is 1. The first-order valence-corrected chi connectivity index (χ1v) is 7.93. The van der Waals surface area contributed by atoms with Crippen LogP contribution in [0.25, 0.3) is 0 Å². The fourth-order valence-corrected chi connectivity index (χ4v) is 2.67. The van der Waals surface area contributed by atoms with Crippen molar-refractivity contribution in [2.45, 2.75) is 19.4 Å². The van der Waals surface area contributed by atoms with Crippen molar-refractivity contribution in [3.8, 4) is 18.1 Å². The van der Waals surface area contributed by atoms with Gasteiger partial charge in [0, 0.05) is 45.7 Å². The number of para-hydroxylation sites is 1. The van der Waals surface area contributed by atoms with E-state index < -0.39 is 6.10 Å². The molecular formula is C18H26N2O2. The van der Waals surface area contributed by atoms with Crippen LogP contribution in [-0.4, -0.2) is 66.9 Å². The van der Waals surface area contributed by atoms with Crippen LogP contribution < -0.4 is 4.74 Å². The molecule has 0 bridgehead atoms. The molecule has 2 rings (SSSR count). The lowest BCUT2D eigenvalue weighted by Crippen LogP contribution is -2.49. The fourth-order valence-electron chi connectivity index (χ4n) is 2.67. The highest BCUT2D eigenvalue weighted by Crippen LogP contribution is 2.16. The molecule has 1 aliphatic rings. The largest absolute Gasteiger partial charge is 0.491 e. The van der Waals surface area contributed by atoms with Crippen molar-refractivity contribution in [1.82, 2.24) is 9.80 Å². The second-order valence-corrected chi connectivity index (χ2v) is 5.83. The maximum atomic E-state index is 10.2. The Bertz CT molecular complexity index is 490. The van der Waals surface area contributed by atoms with Gasteiger partial charge in [-0.3, -0.25) is 9.80 Å². The SMILES string of the molecule is C#CCCN1CCN(CC(O)COc2ccccc2C)CC1. The van der Waals surface area contributed by atoms with Crippen LogP contribution in [0.4, 0.5) is 0 Å². The summed E-state index contributed by atoms with van der Waals surface area (Å²) in [6.07, 6.45) is 5.65. The average Bonchev–Trinajstić information content (AvgIpc) is 2.53. The Balaban J connectivity index is 1.67. The lowest BCUT2D eigenvalue weighted by molar-refractivity contribution is 0.0464. The van der Waals surface area contributed by atoms with Crippen molar-refractivity contribution >= 4 is 0 Å². The minimum Gasteiger partial charge on any atom is -0.491 e. The highest BCUT2D eigenvalue weighted by atomic mass is 16.5. The molecule has 1 saturated heterocycles. The Hall–Kier alpha value is -1.54. The number of aliphatic hydroxyl groups is 1. The van der Waals surface area contributed by atoms with Crippen molar-refractivity contribution in [2.75, 3.05) is 45.9 Å². The van der Waals surface area contributed by atoms with E-state index >= 15 is 0 Å². The van der Waals surface area contributed by atoms with Crippen LogP contribution in [0.15, 0.2) is 24.3 Å². The van der Waals surface area contributed by atoms with E-state index in [0.717, 1.165) is 50.5 Å². The number of piperazine rings is 1. The number of β-amino-alcohol motifs (C(OH)–C–C–N with tert-alkyl or cyclic N) is 1. The fraction of sp³-hybridized carbons (Fsp3) is 0.556. The van der Waals surface area contributed by atoms with Gasteiger partial charge in [-0.1, -0.05) is 18.2 Å². The van der Waals surface area contributed by atoms with Crippen LogP contribution >= 0.6 is 0 Å². The van der Waals surface area contributed by atoms with Gasteiger partial charge < -0.3 is 9.84 Å². The molecular weight excluding hydrogens is 276 g/mol. The second kappa shape index (κ2) is 8.79. The van der Waals surface area contributed by atoms with Gasteiger partial charge in [0.15, 0.2) is 0 Å². The molecule has 1 aromatic carbocycles. The minimum atomic E-state index is -0.461. The number of hydrogen-bond donors (Lipinski definition) is 1. The molecule has 0 saturated carbocycles. The summed E-state index contributed by atoms with van der Waals surface area (Å²) < 4.78 is 5.71. The summed E-state index contributed by atoms with van der Waals surface area (Å²) in [6, 6.07) is 7.88. The molecule has 4 nitrogen and oxygen atoms in total. The smallest absolute Gasteiger partial charge is 0.122 e. The average molecular weight is 302 g/mol. The lowest BCUT2D eigenvalue weighted by Gasteiger charge is -2.35. The van der Waals surface area contributed by atoms with E-state index in [2.05, 4.69) is 15.7 Å². The van der Waals surface area contributed by atoms with E-state index in [1.54, 1.807) is 0 Å². The van der Waals surface area contributed by atoms with Gasteiger partial charge in [0.25, 0.3) is 0 Å². The number of ether oxygens (including phenoxy) is 1. The maximum absolute atomic E-state index is 10.2. The van der Waals surface area contributed by atoms with E-state index in [0.29, 0.717) is 13.2 Å². The first-order valence-electron chi connectivity index (χ1n) is 7.93. The van der Waals surface area contributed by atoms with Gasteiger partial charge >= 0.3 is 0 Å². The monoisotopic (exact) mass is 302 g/mol. The predicted molar refractivity (Wildman–Crippen MR) is 89.0 cm³/mol. The summed E-state index contributed by atoms with van der Waals surface area (Å²) >= 11 is 0. The quantitative estimate of drug-likeness (QED) is 0.772. The Morgan fingerprint density at radius 2 is 1.91 bits per heavy atom. The number of benzene rings is 1. The number of aryl methyl sites for hydroxylation is 1. The summed E-state index contributed by atoms with van der Waals surface area (Å²) in [4.78, 5) is 4.67. The van der Waals surface area contributed by atoms with E-state index in [4.69, 9.17) is 11.2 Å². The maximum Gasteiger partial charge on any atom is 0.122 e. The van der Waals surface area contributed by atoms with Crippen LogP contribution in [0.1, 0.15) is 12.0 Å². The summed E-state index contributed by atoms with van der Waals surface area (Å²) in [5.74, 6) is 3.53. The summed E-state index contributed by atoms with van der Waals surface area (Å²) in [5.41, 5.74) is 1.09. The van der Waals surface area contributed by atoms with E-state index in [1.807, 2.05) is 31.2 Å². The zero-order valence-corrected chi connectivity index (χ0v) is 13.4. The van der Waals surface area contributed by atoms with E-state index in [1.165, 1.54) is 0 Å². The van der Waals surface area contributed by atoms with Gasteiger partial charge in [-0.05, 0) is 18.6 Å². The van der Waals surface area contributed by atoms with Crippen LogP contribution in [0, 0.1) is 19.3 Å². The van der Waals surface area contributed by atoms with Crippen molar-refractivity contribution < 1.29 is 9.84 Å². The summed E-state index contributed by atoms with van der Waals surface area (Å²) in [7, 11) is 0. The molecule has 0 spiro atoms. The number of hydrogen-bond acceptors (Lipinski definition) is 4. The van der Waals surface area contributed by atoms with Gasteiger partial charge in [-0.15, -0.1) is 12.3 Å². The predicted octanol–water partition coefficient (Wildman–Crippen LogP) is 1.38. The molecule has 1 aromatic rings. The molecule has 4 heteroatoms. The molecule has 1 N–H and O–H groups in total. The summed E-state index contributed by atoms with van der Waals surface area (Å²) in [5, 5.41) is 10.2. The van der Waals surface area contributed by atoms with Crippen LogP contribution in [0.3, 0.4) is 0 Å². The third kappa shape index (κ3) is 5.34. The molecule has 1 atom stereocenters. The van der Waals surface area contributed by atoms with Crippen LogP contribution in [0.2, 0.25) is 0 Å². The third-order valence-corrected chi connectivity index (χ3v) is 4.03. The number of terminal acetylenes is 1. The molecule has 0 aliphatic carbocycles. The van der Waals surface area contributed by atoms with Crippen molar-refractivity contribution in [3.05, 3.63) is 29.8 Å². The van der Waals surface area contributed by atoms with Gasteiger partial charge in [0.2, 0.25) is 0 Å². The van der Waals surface area contributed by atoms with Crippen molar-refractivity contribution in [1.29, 1.82) is 0 Å². The molecule has 1 heterocycles. The standard InChI is InChI=1S/C18H26N2O2/c1-3-4-9-19-10-12-20(13-11-19)14-17(21)15-22-18-8-6-5-7-16(18)2/h1,5-8,17,21H,4,9-15H2,2H3. The second-order valence-electron chi connectivity index (χ2n) is 5.83. The number of rotatable bonds is 7. The molecule has 0 aromatic heterocycles. The van der Waals surface area contributed by atoms with Crippen molar-refractivity contribution in [2.24, 2.45) is 0 Å². The van der Waals surface area contributed by atoms with Crippen LogP contribution in [-0.2, 0) is 0 Å². The first-order chi connectivity index (χ1) is 10.7. The Labute approximate surface area is 133 Å². The van der Waals surface area contributed by atoms with Gasteiger partial charge in [0.05, 0.1) is 0 Å². The normalized spacial score (nSPS) is 17.9. The van der Waals surface area contributed by atoms with Crippen molar-refractivity contribution in [3.63, 3.8) is 0 Å². The zero-order valence-electron chi connectivity index (χ0n) is 13.4. The molecule has 1 fully saturated rings. The minimum absolute atomic E-state index is 0.335. The van der Waals surface area contributed by atoms with Gasteiger partial charge in [-0.25, -0.2) is 0 Å². The van der Waals surface area contributed by atoms with E-state index in [9.17, 15) is 5.11 Å². The third-order valence-electron chi connectivity index (χ3n) is 4.03. The molecule has 120 valence electrons. The highest BCUT2D eigenvalue weighted by Gasteiger charge is 2.19. The molecule has 1 unspecified atom stereocenters. The Morgan fingerprint density at radius 1 is 1.23 bits per heavy atom. The lowest BCUT2D eigenvalue weighted by atomic mass is 10.2.